The van der Waals surface area contributed by atoms with Crippen molar-refractivity contribution in [2.45, 2.75) is 32.2 Å². The zero-order valence-corrected chi connectivity index (χ0v) is 11.1. The van der Waals surface area contributed by atoms with Gasteiger partial charge in [0, 0.05) is 6.20 Å². The summed E-state index contributed by atoms with van der Waals surface area (Å²) in [6.45, 7) is 4.86. The van der Waals surface area contributed by atoms with Crippen LogP contribution in [0.4, 0.5) is 4.39 Å². The van der Waals surface area contributed by atoms with Crippen LogP contribution in [0.25, 0.3) is 0 Å². The Morgan fingerprint density at radius 1 is 1.42 bits per heavy atom. The first kappa shape index (κ1) is 15.1. The molecule has 0 saturated carbocycles. The Bertz CT molecular complexity index is 466. The van der Waals surface area contributed by atoms with E-state index in [-0.39, 0.29) is 11.1 Å². The van der Waals surface area contributed by atoms with Gasteiger partial charge in [-0.2, -0.15) is 0 Å². The first-order valence-corrected chi connectivity index (χ1v) is 5.82. The van der Waals surface area contributed by atoms with Crippen LogP contribution in [0.5, 0.6) is 0 Å². The summed E-state index contributed by atoms with van der Waals surface area (Å²) in [5.41, 5.74) is 0.918. The average Bonchev–Trinajstić information content (AvgIpc) is 2.34. The number of aliphatic carboxylic acids is 1. The third-order valence-electron chi connectivity index (χ3n) is 2.62. The third-order valence-corrected chi connectivity index (χ3v) is 2.62. The molecule has 0 bridgehead atoms. The fourth-order valence-electron chi connectivity index (χ4n) is 1.37. The molecule has 1 aromatic heterocycles. The highest BCUT2D eigenvalue weighted by Crippen LogP contribution is 2.20. The molecule has 5 nitrogen and oxygen atoms in total. The highest BCUT2D eigenvalue weighted by atomic mass is 19.1. The predicted octanol–water partition coefficient (Wildman–Crippen LogP) is 1.53. The van der Waals surface area contributed by atoms with Crippen LogP contribution >= 0.6 is 0 Å². The van der Waals surface area contributed by atoms with Crippen LogP contribution < -0.4 is 5.32 Å². The number of amides is 1. The maximum absolute atomic E-state index is 12.4. The maximum Gasteiger partial charge on any atom is 0.328 e. The number of halogens is 1. The molecule has 1 amide bonds. The molecule has 0 aliphatic heterocycles. The topological polar surface area (TPSA) is 79.3 Å². The minimum atomic E-state index is -1.54. The monoisotopic (exact) mass is 268 g/mol. The number of aromatic nitrogens is 1. The lowest BCUT2D eigenvalue weighted by atomic mass is 9.88. The third kappa shape index (κ3) is 4.01. The number of nitrogens with zero attached hydrogens (tertiary/aromatic N) is 1. The van der Waals surface area contributed by atoms with Crippen molar-refractivity contribution in [3.05, 3.63) is 29.6 Å². The Morgan fingerprint density at radius 2 is 2.05 bits per heavy atom. The summed E-state index contributed by atoms with van der Waals surface area (Å²) in [6, 6.07) is 1.69. The van der Waals surface area contributed by atoms with Crippen molar-refractivity contribution < 1.29 is 19.1 Å². The van der Waals surface area contributed by atoms with Gasteiger partial charge < -0.3 is 10.4 Å². The predicted molar refractivity (Wildman–Crippen MR) is 67.8 cm³/mol. The molecule has 1 unspecified atom stereocenters. The fourth-order valence-corrected chi connectivity index (χ4v) is 1.37. The highest BCUT2D eigenvalue weighted by molar-refractivity contribution is 5.94. The molecule has 1 heterocycles. The van der Waals surface area contributed by atoms with Crippen LogP contribution in [-0.4, -0.2) is 34.7 Å². The number of nitrogens with one attached hydrogen (secondary N) is 1. The minimum absolute atomic E-state index is 0.0627. The molecule has 0 saturated heterocycles. The Hall–Kier alpha value is -1.98. The maximum atomic E-state index is 12.4. The van der Waals surface area contributed by atoms with Crippen molar-refractivity contribution >= 4 is 11.9 Å². The van der Waals surface area contributed by atoms with Crippen molar-refractivity contribution in [1.29, 1.82) is 0 Å². The summed E-state index contributed by atoms with van der Waals surface area (Å²) in [7, 11) is 0. The molecule has 19 heavy (non-hydrogen) atoms. The van der Waals surface area contributed by atoms with Gasteiger partial charge in [0.25, 0.3) is 5.91 Å². The van der Waals surface area contributed by atoms with E-state index >= 15 is 0 Å². The Balaban J connectivity index is 2.81. The molecule has 0 spiro atoms. The van der Waals surface area contributed by atoms with Crippen LogP contribution in [0.2, 0.25) is 0 Å². The van der Waals surface area contributed by atoms with E-state index in [1.54, 1.807) is 12.3 Å². The van der Waals surface area contributed by atoms with Crippen molar-refractivity contribution in [1.82, 2.24) is 10.3 Å². The molecular weight excluding hydrogens is 251 g/mol. The molecule has 1 rings (SSSR count). The molecular formula is C13H17FN2O3. The number of carboxylic acid groups (broad SMARTS) is 1. The molecule has 0 aromatic carbocycles. The second-order valence-corrected chi connectivity index (χ2v) is 5.20. The van der Waals surface area contributed by atoms with Gasteiger partial charge in [-0.1, -0.05) is 26.8 Å². The van der Waals surface area contributed by atoms with Gasteiger partial charge in [0.2, 0.25) is 0 Å². The molecule has 0 aliphatic carbocycles. The number of carbonyl (C=O) groups excluding carboxylic acids is 1. The number of hydrogen-bond donors (Lipinski definition) is 2. The lowest BCUT2D eigenvalue weighted by molar-refractivity contribution is -0.139. The van der Waals surface area contributed by atoms with Gasteiger partial charge in [-0.05, 0) is 17.0 Å². The minimum Gasteiger partial charge on any atom is -0.480 e. The van der Waals surface area contributed by atoms with E-state index in [1.807, 2.05) is 20.8 Å². The standard InChI is InChI=1S/C13H17FN2O3/c1-13(2,3)8-4-5-9(15-7-8)11(17)16-10(6-14)12(18)19/h4-5,7,10H,6H2,1-3H3,(H,16,17)(H,18,19). The number of rotatable bonds is 4. The van der Waals surface area contributed by atoms with Crippen LogP contribution in [0, 0.1) is 0 Å². The Kier molecular flexibility index (Phi) is 4.58. The van der Waals surface area contributed by atoms with Crippen molar-refractivity contribution in [2.75, 3.05) is 6.67 Å². The Morgan fingerprint density at radius 3 is 2.42 bits per heavy atom. The lowest BCUT2D eigenvalue weighted by Crippen LogP contribution is -2.42. The molecule has 0 radical (unpaired) electrons. The molecule has 2 N–H and O–H groups in total. The van der Waals surface area contributed by atoms with Gasteiger partial charge in [0.15, 0.2) is 6.04 Å². The van der Waals surface area contributed by atoms with Crippen LogP contribution in [-0.2, 0) is 10.2 Å². The number of pyridine rings is 1. The van der Waals surface area contributed by atoms with Crippen LogP contribution in [0.3, 0.4) is 0 Å². The first-order valence-electron chi connectivity index (χ1n) is 5.82. The number of alkyl halides is 1. The molecule has 0 fully saturated rings. The van der Waals surface area contributed by atoms with Crippen molar-refractivity contribution in [3.8, 4) is 0 Å². The van der Waals surface area contributed by atoms with Gasteiger partial charge in [0.1, 0.15) is 12.4 Å². The van der Waals surface area contributed by atoms with Gasteiger partial charge >= 0.3 is 5.97 Å². The smallest absolute Gasteiger partial charge is 0.328 e. The summed E-state index contributed by atoms with van der Waals surface area (Å²) in [5.74, 6) is -2.12. The molecule has 1 aromatic rings. The fraction of sp³-hybridized carbons (Fsp3) is 0.462. The van der Waals surface area contributed by atoms with Gasteiger partial charge in [-0.3, -0.25) is 9.78 Å². The van der Waals surface area contributed by atoms with Gasteiger partial charge in [0.05, 0.1) is 0 Å². The zero-order valence-electron chi connectivity index (χ0n) is 11.1. The first-order chi connectivity index (χ1) is 8.75. The quantitative estimate of drug-likeness (QED) is 0.868. The second-order valence-electron chi connectivity index (χ2n) is 5.20. The van der Waals surface area contributed by atoms with E-state index in [2.05, 4.69) is 10.3 Å². The second kappa shape index (κ2) is 5.77. The SMILES string of the molecule is CC(C)(C)c1ccc(C(=O)NC(CF)C(=O)O)nc1. The summed E-state index contributed by atoms with van der Waals surface area (Å²) < 4.78 is 12.4. The number of carboxylic acids is 1. The largest absolute Gasteiger partial charge is 0.480 e. The molecule has 6 heteroatoms. The molecule has 1 atom stereocenters. The van der Waals surface area contributed by atoms with Gasteiger partial charge in [-0.15, -0.1) is 0 Å². The van der Waals surface area contributed by atoms with Crippen LogP contribution in [0.1, 0.15) is 36.8 Å². The van der Waals surface area contributed by atoms with Crippen LogP contribution in [0.15, 0.2) is 18.3 Å². The van der Waals surface area contributed by atoms with E-state index in [1.165, 1.54) is 6.07 Å². The summed E-state index contributed by atoms with van der Waals surface area (Å²) >= 11 is 0. The molecule has 0 aliphatic rings. The summed E-state index contributed by atoms with van der Waals surface area (Å²) in [5, 5.41) is 10.7. The van der Waals surface area contributed by atoms with E-state index < -0.39 is 24.6 Å². The van der Waals surface area contributed by atoms with Crippen molar-refractivity contribution in [2.24, 2.45) is 0 Å². The zero-order chi connectivity index (χ0) is 14.6. The highest BCUT2D eigenvalue weighted by Gasteiger charge is 2.21. The number of hydrogen-bond acceptors (Lipinski definition) is 3. The molecule has 104 valence electrons. The van der Waals surface area contributed by atoms with E-state index in [9.17, 15) is 14.0 Å². The normalized spacial score (nSPS) is 12.8. The average molecular weight is 268 g/mol. The number of carbonyl (C=O) groups is 2. The summed E-state index contributed by atoms with van der Waals surface area (Å²) in [4.78, 5) is 26.2. The van der Waals surface area contributed by atoms with E-state index in [0.29, 0.717) is 0 Å². The lowest BCUT2D eigenvalue weighted by Gasteiger charge is -2.18. The Labute approximate surface area is 110 Å². The van der Waals surface area contributed by atoms with E-state index in [0.717, 1.165) is 5.56 Å². The summed E-state index contributed by atoms with van der Waals surface area (Å²) in [6.07, 6.45) is 1.56. The van der Waals surface area contributed by atoms with Gasteiger partial charge in [-0.25, -0.2) is 9.18 Å². The van der Waals surface area contributed by atoms with Crippen molar-refractivity contribution in [3.63, 3.8) is 0 Å². The van der Waals surface area contributed by atoms with E-state index in [4.69, 9.17) is 5.11 Å².